The number of nitro groups is 1. The van der Waals surface area contributed by atoms with Crippen LogP contribution in [0.4, 0.5) is 5.69 Å². The minimum atomic E-state index is -0.666. The Hall–Kier alpha value is -1.92. The summed E-state index contributed by atoms with van der Waals surface area (Å²) in [5.74, 6) is 0.518. The number of ether oxygens (including phenoxy) is 1. The van der Waals surface area contributed by atoms with Gasteiger partial charge in [-0.05, 0) is 25.1 Å². The number of hydrogen-bond donors (Lipinski definition) is 1. The van der Waals surface area contributed by atoms with E-state index >= 15 is 0 Å². The monoisotopic (exact) mass is 351 g/mol. The van der Waals surface area contributed by atoms with Gasteiger partial charge in [-0.15, -0.1) is 0 Å². The molecule has 110 valence electrons. The molecule has 2 aromatic carbocycles. The fraction of sp³-hybridized carbons (Fsp3) is 0.200. The van der Waals surface area contributed by atoms with Crippen molar-refractivity contribution in [1.29, 1.82) is 0 Å². The molecule has 0 unspecified atom stereocenters. The summed E-state index contributed by atoms with van der Waals surface area (Å²) in [6, 6.07) is 11.9. The van der Waals surface area contributed by atoms with E-state index in [9.17, 15) is 15.2 Å². The Morgan fingerprint density at radius 1 is 1.33 bits per heavy atom. The summed E-state index contributed by atoms with van der Waals surface area (Å²) in [5, 5.41) is 20.7. The number of benzene rings is 2. The highest BCUT2D eigenvalue weighted by Crippen LogP contribution is 2.28. The normalized spacial score (nSPS) is 12.0. The number of nitro benzene ring substituents is 1. The van der Waals surface area contributed by atoms with Crippen molar-refractivity contribution >= 4 is 21.6 Å². The molecule has 0 aliphatic carbocycles. The summed E-state index contributed by atoms with van der Waals surface area (Å²) in [4.78, 5) is 10.6. The molecule has 0 bridgehead atoms. The lowest BCUT2D eigenvalue weighted by molar-refractivity contribution is -0.385. The Labute approximate surface area is 130 Å². The van der Waals surface area contributed by atoms with Crippen LogP contribution in [0, 0.1) is 10.1 Å². The lowest BCUT2D eigenvalue weighted by Gasteiger charge is -2.13. The SMILES string of the molecule is C[C@@H](O)c1ccccc1OCc1ccc(Br)cc1[N+](=O)[O-]. The Morgan fingerprint density at radius 2 is 2.05 bits per heavy atom. The number of nitrogens with zero attached hydrogens (tertiary/aromatic N) is 1. The van der Waals surface area contributed by atoms with E-state index in [1.165, 1.54) is 6.07 Å². The average molecular weight is 352 g/mol. The molecule has 1 N–H and O–H groups in total. The van der Waals surface area contributed by atoms with E-state index in [0.29, 0.717) is 21.3 Å². The van der Waals surface area contributed by atoms with Gasteiger partial charge in [-0.3, -0.25) is 10.1 Å². The number of para-hydroxylation sites is 1. The quantitative estimate of drug-likeness (QED) is 0.652. The van der Waals surface area contributed by atoms with E-state index in [4.69, 9.17) is 4.74 Å². The Balaban J connectivity index is 2.23. The van der Waals surface area contributed by atoms with Crippen LogP contribution >= 0.6 is 15.9 Å². The van der Waals surface area contributed by atoms with Crippen molar-refractivity contribution in [3.63, 3.8) is 0 Å². The molecule has 6 heteroatoms. The first-order valence-electron chi connectivity index (χ1n) is 6.31. The highest BCUT2D eigenvalue weighted by molar-refractivity contribution is 9.10. The zero-order valence-corrected chi connectivity index (χ0v) is 12.9. The van der Waals surface area contributed by atoms with Gasteiger partial charge in [0.1, 0.15) is 12.4 Å². The highest BCUT2D eigenvalue weighted by Gasteiger charge is 2.15. The fourth-order valence-electron chi connectivity index (χ4n) is 1.94. The minimum absolute atomic E-state index is 0.00102. The Bertz CT molecular complexity index is 658. The third-order valence-electron chi connectivity index (χ3n) is 3.00. The van der Waals surface area contributed by atoms with Crippen molar-refractivity contribution in [2.24, 2.45) is 0 Å². The van der Waals surface area contributed by atoms with Crippen molar-refractivity contribution < 1.29 is 14.8 Å². The van der Waals surface area contributed by atoms with Crippen LogP contribution in [0.5, 0.6) is 5.75 Å². The lowest BCUT2D eigenvalue weighted by Crippen LogP contribution is -2.03. The van der Waals surface area contributed by atoms with Crippen molar-refractivity contribution in [2.45, 2.75) is 19.6 Å². The van der Waals surface area contributed by atoms with Crippen LogP contribution < -0.4 is 4.74 Å². The van der Waals surface area contributed by atoms with E-state index in [1.54, 1.807) is 43.3 Å². The number of hydrogen-bond acceptors (Lipinski definition) is 4. The fourth-order valence-corrected chi connectivity index (χ4v) is 2.29. The molecule has 0 heterocycles. The van der Waals surface area contributed by atoms with Gasteiger partial charge in [0, 0.05) is 16.1 Å². The zero-order valence-electron chi connectivity index (χ0n) is 11.3. The first-order chi connectivity index (χ1) is 9.99. The molecule has 0 radical (unpaired) electrons. The summed E-state index contributed by atoms with van der Waals surface area (Å²) < 4.78 is 6.28. The van der Waals surface area contributed by atoms with Crippen LogP contribution in [0.25, 0.3) is 0 Å². The maximum Gasteiger partial charge on any atom is 0.277 e. The zero-order chi connectivity index (χ0) is 15.4. The van der Waals surface area contributed by atoms with E-state index in [1.807, 2.05) is 0 Å². The number of aliphatic hydroxyl groups excluding tert-OH is 1. The molecule has 0 aromatic heterocycles. The topological polar surface area (TPSA) is 72.6 Å². The van der Waals surface area contributed by atoms with E-state index in [0.717, 1.165) is 0 Å². The molecule has 2 aromatic rings. The van der Waals surface area contributed by atoms with Crippen molar-refractivity contribution in [3.8, 4) is 5.75 Å². The van der Waals surface area contributed by atoms with Crippen LogP contribution in [-0.2, 0) is 6.61 Å². The van der Waals surface area contributed by atoms with Gasteiger partial charge >= 0.3 is 0 Å². The van der Waals surface area contributed by atoms with Crippen molar-refractivity contribution in [3.05, 3.63) is 68.2 Å². The number of aliphatic hydroxyl groups is 1. The van der Waals surface area contributed by atoms with Gasteiger partial charge in [0.05, 0.1) is 16.6 Å². The Kier molecular flexibility index (Phi) is 4.93. The molecule has 2 rings (SSSR count). The maximum atomic E-state index is 11.0. The highest BCUT2D eigenvalue weighted by atomic mass is 79.9. The van der Waals surface area contributed by atoms with Gasteiger partial charge in [-0.2, -0.15) is 0 Å². The third-order valence-corrected chi connectivity index (χ3v) is 3.49. The molecule has 5 nitrogen and oxygen atoms in total. The minimum Gasteiger partial charge on any atom is -0.488 e. The third kappa shape index (κ3) is 3.80. The summed E-state index contributed by atoms with van der Waals surface area (Å²) in [7, 11) is 0. The van der Waals surface area contributed by atoms with Crippen LogP contribution in [-0.4, -0.2) is 10.0 Å². The number of halogens is 1. The van der Waals surface area contributed by atoms with Gasteiger partial charge in [0.2, 0.25) is 0 Å². The van der Waals surface area contributed by atoms with Crippen LogP contribution in [0.15, 0.2) is 46.9 Å². The molecule has 0 saturated heterocycles. The molecule has 0 aliphatic heterocycles. The van der Waals surface area contributed by atoms with Gasteiger partial charge in [-0.1, -0.05) is 34.1 Å². The Morgan fingerprint density at radius 3 is 2.71 bits per heavy atom. The predicted molar refractivity (Wildman–Crippen MR) is 82.2 cm³/mol. The molecule has 21 heavy (non-hydrogen) atoms. The predicted octanol–water partition coefficient (Wildman–Crippen LogP) is 3.99. The van der Waals surface area contributed by atoms with Crippen LogP contribution in [0.2, 0.25) is 0 Å². The van der Waals surface area contributed by atoms with E-state index in [-0.39, 0.29) is 12.3 Å². The summed E-state index contributed by atoms with van der Waals surface area (Å²) in [6.45, 7) is 1.71. The molecule has 0 fully saturated rings. The maximum absolute atomic E-state index is 11.0. The second-order valence-electron chi connectivity index (χ2n) is 4.53. The molecular formula is C15H14BrNO4. The molecule has 0 saturated carbocycles. The summed E-state index contributed by atoms with van der Waals surface area (Å²) in [5.41, 5.74) is 1.12. The first-order valence-corrected chi connectivity index (χ1v) is 7.11. The molecule has 0 aliphatic rings. The van der Waals surface area contributed by atoms with E-state index < -0.39 is 11.0 Å². The van der Waals surface area contributed by atoms with Gasteiger partial charge < -0.3 is 9.84 Å². The van der Waals surface area contributed by atoms with Crippen LogP contribution in [0.1, 0.15) is 24.2 Å². The van der Waals surface area contributed by atoms with Gasteiger partial charge in [-0.25, -0.2) is 0 Å². The second kappa shape index (κ2) is 6.69. The largest absolute Gasteiger partial charge is 0.488 e. The van der Waals surface area contributed by atoms with Gasteiger partial charge in [0.25, 0.3) is 5.69 Å². The summed E-state index contributed by atoms with van der Waals surface area (Å²) >= 11 is 3.21. The van der Waals surface area contributed by atoms with Crippen molar-refractivity contribution in [2.75, 3.05) is 0 Å². The molecule has 1 atom stereocenters. The standard InChI is InChI=1S/C15H14BrNO4/c1-10(18)13-4-2-3-5-15(13)21-9-11-6-7-12(16)8-14(11)17(19)20/h2-8,10,18H,9H2,1H3/t10-/m1/s1. The van der Waals surface area contributed by atoms with Crippen molar-refractivity contribution in [1.82, 2.24) is 0 Å². The lowest BCUT2D eigenvalue weighted by atomic mass is 10.1. The second-order valence-corrected chi connectivity index (χ2v) is 5.45. The average Bonchev–Trinajstić information content (AvgIpc) is 2.46. The molecule has 0 spiro atoms. The first kappa shape index (κ1) is 15.5. The van der Waals surface area contributed by atoms with Gasteiger partial charge in [0.15, 0.2) is 0 Å². The molecular weight excluding hydrogens is 338 g/mol. The molecule has 0 amide bonds. The van der Waals surface area contributed by atoms with Crippen LogP contribution in [0.3, 0.4) is 0 Å². The summed E-state index contributed by atoms with van der Waals surface area (Å²) in [6.07, 6.45) is -0.666. The smallest absolute Gasteiger partial charge is 0.277 e. The number of rotatable bonds is 5. The van der Waals surface area contributed by atoms with E-state index in [2.05, 4.69) is 15.9 Å².